The van der Waals surface area contributed by atoms with Crippen molar-refractivity contribution in [1.82, 2.24) is 15.2 Å². The molecule has 2 N–H and O–H groups in total. The van der Waals surface area contributed by atoms with Gasteiger partial charge in [-0.1, -0.05) is 12.0 Å². The predicted octanol–water partition coefficient (Wildman–Crippen LogP) is 4.29. The van der Waals surface area contributed by atoms with Crippen LogP contribution in [0.5, 0.6) is 11.5 Å². The van der Waals surface area contributed by atoms with Crippen LogP contribution in [0.15, 0.2) is 42.6 Å². The highest BCUT2D eigenvalue weighted by atomic mass is 16.5. The molecular weight excluding hydrogens is 450 g/mol. The van der Waals surface area contributed by atoms with E-state index in [2.05, 4.69) is 32.5 Å². The predicted molar refractivity (Wildman–Crippen MR) is 142 cm³/mol. The van der Waals surface area contributed by atoms with Crippen LogP contribution in [0.2, 0.25) is 0 Å². The van der Waals surface area contributed by atoms with E-state index in [9.17, 15) is 5.26 Å². The summed E-state index contributed by atoms with van der Waals surface area (Å²) in [4.78, 5) is 7.05. The molecule has 0 saturated carbocycles. The quantitative estimate of drug-likeness (QED) is 0.367. The second kappa shape index (κ2) is 10.5. The fourth-order valence-corrected chi connectivity index (χ4v) is 5.08. The number of benzene rings is 2. The number of likely N-dealkylation sites (tertiary alicyclic amines) is 1. The minimum absolute atomic E-state index is 0.435. The standard InChI is InChI=1S/C29H31N5O2/c1-3-21-6-4-7-23(14-21)33-28-22(17-30)18-32-25-16-27(26(35-2)15-24(25)28)36-13-5-10-34-11-8-29(9-12-34)19-31-20-29/h1,4,6-7,14-16,18,31H,5,8-13,19-20H2,2H3,(H,32,33). The zero-order valence-corrected chi connectivity index (χ0v) is 20.6. The third-order valence-corrected chi connectivity index (χ3v) is 7.37. The Bertz CT molecular complexity index is 1330. The van der Waals surface area contributed by atoms with Crippen LogP contribution in [0.3, 0.4) is 0 Å². The average Bonchev–Trinajstić information content (AvgIpc) is 2.90. The van der Waals surface area contributed by atoms with Crippen molar-refractivity contribution in [2.45, 2.75) is 19.3 Å². The second-order valence-corrected chi connectivity index (χ2v) is 9.68. The molecule has 2 aliphatic rings. The van der Waals surface area contributed by atoms with E-state index < -0.39 is 0 Å². The van der Waals surface area contributed by atoms with Crippen LogP contribution >= 0.6 is 0 Å². The molecule has 0 unspecified atom stereocenters. The molecule has 3 aromatic rings. The van der Waals surface area contributed by atoms with E-state index in [-0.39, 0.29) is 0 Å². The largest absolute Gasteiger partial charge is 0.493 e. The number of nitriles is 1. The molecule has 2 fully saturated rings. The molecule has 2 aromatic carbocycles. The Hall–Kier alpha value is -3.78. The summed E-state index contributed by atoms with van der Waals surface area (Å²) in [6.07, 6.45) is 10.7. The number of piperidine rings is 1. The molecule has 2 aliphatic heterocycles. The van der Waals surface area contributed by atoms with Gasteiger partial charge in [0, 0.05) is 48.5 Å². The van der Waals surface area contributed by atoms with Crippen molar-refractivity contribution >= 4 is 22.3 Å². The van der Waals surface area contributed by atoms with E-state index in [1.807, 2.05) is 36.4 Å². The summed E-state index contributed by atoms with van der Waals surface area (Å²) in [5.41, 5.74) is 3.94. The molecule has 0 aliphatic carbocycles. The maximum absolute atomic E-state index is 9.71. The van der Waals surface area contributed by atoms with Crippen molar-refractivity contribution in [2.75, 3.05) is 51.8 Å². The average molecular weight is 482 g/mol. The number of hydrogen-bond acceptors (Lipinski definition) is 7. The third-order valence-electron chi connectivity index (χ3n) is 7.37. The number of hydrogen-bond donors (Lipinski definition) is 2. The number of anilines is 2. The maximum Gasteiger partial charge on any atom is 0.163 e. The Labute approximate surface area is 212 Å². The summed E-state index contributed by atoms with van der Waals surface area (Å²) in [7, 11) is 1.62. The van der Waals surface area contributed by atoms with Gasteiger partial charge >= 0.3 is 0 Å². The summed E-state index contributed by atoms with van der Waals surface area (Å²) in [5.74, 6) is 3.90. The van der Waals surface area contributed by atoms with E-state index in [4.69, 9.17) is 15.9 Å². The molecule has 2 saturated heterocycles. The molecule has 7 heteroatoms. The summed E-state index contributed by atoms with van der Waals surface area (Å²) in [6, 6.07) is 13.5. The minimum Gasteiger partial charge on any atom is -0.493 e. The summed E-state index contributed by atoms with van der Waals surface area (Å²) in [5, 5.41) is 17.3. The number of aromatic nitrogens is 1. The van der Waals surface area contributed by atoms with Gasteiger partial charge in [0.1, 0.15) is 6.07 Å². The van der Waals surface area contributed by atoms with E-state index in [1.54, 1.807) is 13.3 Å². The zero-order chi connectivity index (χ0) is 25.0. The zero-order valence-electron chi connectivity index (χ0n) is 20.6. The fourth-order valence-electron chi connectivity index (χ4n) is 5.08. The SMILES string of the molecule is C#Cc1cccc(Nc2c(C#N)cnc3cc(OCCCN4CCC5(CC4)CNC5)c(OC)cc23)c1. The van der Waals surface area contributed by atoms with Gasteiger partial charge in [-0.25, -0.2) is 0 Å². The Morgan fingerprint density at radius 3 is 2.72 bits per heavy atom. The minimum atomic E-state index is 0.435. The molecule has 0 amide bonds. The maximum atomic E-state index is 9.71. The summed E-state index contributed by atoms with van der Waals surface area (Å²) >= 11 is 0. The van der Waals surface area contributed by atoms with Crippen LogP contribution in [0.1, 0.15) is 30.4 Å². The number of nitrogens with one attached hydrogen (secondary N) is 2. The van der Waals surface area contributed by atoms with Gasteiger partial charge in [-0.15, -0.1) is 6.42 Å². The number of terminal acetylenes is 1. The molecule has 1 spiro atoms. The molecule has 5 rings (SSSR count). The molecular formula is C29H31N5O2. The second-order valence-electron chi connectivity index (χ2n) is 9.68. The number of fused-ring (bicyclic) bond motifs is 1. The fraction of sp³-hybridized carbons (Fsp3) is 0.379. The Balaban J connectivity index is 1.29. The van der Waals surface area contributed by atoms with Crippen LogP contribution in [0.4, 0.5) is 11.4 Å². The third kappa shape index (κ3) is 4.95. The normalized spacial score (nSPS) is 16.6. The Morgan fingerprint density at radius 1 is 1.19 bits per heavy atom. The topological polar surface area (TPSA) is 82.4 Å². The van der Waals surface area contributed by atoms with Gasteiger partial charge in [0.25, 0.3) is 0 Å². The monoisotopic (exact) mass is 481 g/mol. The lowest BCUT2D eigenvalue weighted by Gasteiger charge is -2.48. The van der Waals surface area contributed by atoms with Gasteiger partial charge in [0.15, 0.2) is 11.5 Å². The van der Waals surface area contributed by atoms with E-state index in [1.165, 1.54) is 39.0 Å². The van der Waals surface area contributed by atoms with Gasteiger partial charge in [-0.3, -0.25) is 4.98 Å². The smallest absolute Gasteiger partial charge is 0.163 e. The van der Waals surface area contributed by atoms with Crippen LogP contribution in [0.25, 0.3) is 10.9 Å². The van der Waals surface area contributed by atoms with Crippen molar-refractivity contribution in [3.63, 3.8) is 0 Å². The molecule has 184 valence electrons. The van der Waals surface area contributed by atoms with E-state index in [0.29, 0.717) is 34.8 Å². The summed E-state index contributed by atoms with van der Waals surface area (Å²) < 4.78 is 11.8. The Morgan fingerprint density at radius 2 is 2.03 bits per heavy atom. The molecule has 36 heavy (non-hydrogen) atoms. The number of nitrogens with zero attached hydrogens (tertiary/aromatic N) is 3. The first-order valence-corrected chi connectivity index (χ1v) is 12.4. The molecule has 3 heterocycles. The highest BCUT2D eigenvalue weighted by Crippen LogP contribution is 2.38. The van der Waals surface area contributed by atoms with Crippen molar-refractivity contribution in [3.05, 3.63) is 53.7 Å². The number of ether oxygens (including phenoxy) is 2. The Kier molecular flexibility index (Phi) is 6.95. The van der Waals surface area contributed by atoms with E-state index >= 15 is 0 Å². The van der Waals surface area contributed by atoms with Gasteiger partial charge in [0.2, 0.25) is 0 Å². The first kappa shape index (κ1) is 23.9. The van der Waals surface area contributed by atoms with Gasteiger partial charge in [-0.2, -0.15) is 5.26 Å². The number of rotatable bonds is 8. The van der Waals surface area contributed by atoms with Crippen LogP contribution < -0.4 is 20.1 Å². The highest BCUT2D eigenvalue weighted by molar-refractivity contribution is 5.97. The highest BCUT2D eigenvalue weighted by Gasteiger charge is 2.39. The van der Waals surface area contributed by atoms with Crippen LogP contribution in [-0.2, 0) is 0 Å². The van der Waals surface area contributed by atoms with Gasteiger partial charge < -0.3 is 25.0 Å². The molecule has 1 aromatic heterocycles. The molecule has 0 atom stereocenters. The molecule has 0 bridgehead atoms. The number of pyridine rings is 1. The van der Waals surface area contributed by atoms with Crippen molar-refractivity contribution in [2.24, 2.45) is 5.41 Å². The van der Waals surface area contributed by atoms with Gasteiger partial charge in [-0.05, 0) is 62.0 Å². The lowest BCUT2D eigenvalue weighted by molar-refractivity contribution is 0.0532. The van der Waals surface area contributed by atoms with Crippen LogP contribution in [0, 0.1) is 29.1 Å². The van der Waals surface area contributed by atoms with Crippen molar-refractivity contribution in [1.29, 1.82) is 5.26 Å². The first-order chi connectivity index (χ1) is 17.6. The van der Waals surface area contributed by atoms with Crippen molar-refractivity contribution < 1.29 is 9.47 Å². The van der Waals surface area contributed by atoms with Crippen LogP contribution in [-0.4, -0.2) is 56.3 Å². The van der Waals surface area contributed by atoms with Crippen molar-refractivity contribution in [3.8, 4) is 29.9 Å². The lowest BCUT2D eigenvalue weighted by Crippen LogP contribution is -2.58. The summed E-state index contributed by atoms with van der Waals surface area (Å²) in [6.45, 7) is 6.35. The molecule has 0 radical (unpaired) electrons. The molecule has 7 nitrogen and oxygen atoms in total. The van der Waals surface area contributed by atoms with Gasteiger partial charge in [0.05, 0.1) is 30.5 Å². The lowest BCUT2D eigenvalue weighted by atomic mass is 9.73. The number of methoxy groups -OCH3 is 1. The first-order valence-electron chi connectivity index (χ1n) is 12.4. The van der Waals surface area contributed by atoms with E-state index in [0.717, 1.165) is 35.1 Å².